The summed E-state index contributed by atoms with van der Waals surface area (Å²) in [5, 5.41) is 14.4. The molecule has 0 aliphatic carbocycles. The van der Waals surface area contributed by atoms with Gasteiger partial charge in [-0.05, 0) is 18.2 Å². The highest BCUT2D eigenvalue weighted by molar-refractivity contribution is 6.34. The number of hydrogen-bond donors (Lipinski definition) is 2. The molecule has 25 heavy (non-hydrogen) atoms. The van der Waals surface area contributed by atoms with Crippen molar-refractivity contribution in [1.82, 2.24) is 9.78 Å². The lowest BCUT2D eigenvalue weighted by Gasteiger charge is -2.11. The van der Waals surface area contributed by atoms with Crippen LogP contribution in [0.15, 0.2) is 54.6 Å². The molecule has 1 aromatic heterocycles. The first-order valence-electron chi connectivity index (χ1n) is 7.55. The summed E-state index contributed by atoms with van der Waals surface area (Å²) in [4.78, 5) is 11.1. The Hall–Kier alpha value is -2.34. The van der Waals surface area contributed by atoms with Crippen molar-refractivity contribution in [3.8, 4) is 16.9 Å². The van der Waals surface area contributed by atoms with Gasteiger partial charge in [0.2, 0.25) is 0 Å². The van der Waals surface area contributed by atoms with E-state index in [0.29, 0.717) is 21.8 Å². The Morgan fingerprint density at radius 3 is 2.40 bits per heavy atom. The molecule has 1 heterocycles. The summed E-state index contributed by atoms with van der Waals surface area (Å²) in [5.41, 5.74) is 8.45. The normalized spacial score (nSPS) is 12.1. The van der Waals surface area contributed by atoms with Gasteiger partial charge in [0.15, 0.2) is 0 Å². The summed E-state index contributed by atoms with van der Waals surface area (Å²) in [5.74, 6) is -1.01. The van der Waals surface area contributed by atoms with Crippen molar-refractivity contribution in [1.29, 1.82) is 0 Å². The standard InChI is InChI=1S/C18H15Cl2N3O2/c19-13-9-5-4-8-12(13)17-16(14(21)10-15(24)25)18(20)23(22-17)11-6-2-1-3-7-11/h1-9,14H,10,21H2,(H,24,25). The van der Waals surface area contributed by atoms with Crippen LogP contribution in [0, 0.1) is 0 Å². The first-order chi connectivity index (χ1) is 12.0. The van der Waals surface area contributed by atoms with Gasteiger partial charge < -0.3 is 10.8 Å². The van der Waals surface area contributed by atoms with Gasteiger partial charge in [-0.3, -0.25) is 4.79 Å². The van der Waals surface area contributed by atoms with Crippen LogP contribution < -0.4 is 5.73 Å². The number of hydrogen-bond acceptors (Lipinski definition) is 3. The molecule has 0 fully saturated rings. The quantitative estimate of drug-likeness (QED) is 0.695. The van der Waals surface area contributed by atoms with E-state index in [2.05, 4.69) is 5.10 Å². The minimum Gasteiger partial charge on any atom is -0.481 e. The molecule has 0 radical (unpaired) electrons. The number of benzene rings is 2. The van der Waals surface area contributed by atoms with E-state index >= 15 is 0 Å². The highest BCUT2D eigenvalue weighted by Crippen LogP contribution is 2.38. The van der Waals surface area contributed by atoms with Crippen LogP contribution in [0.1, 0.15) is 18.0 Å². The average molecular weight is 376 g/mol. The first-order valence-corrected chi connectivity index (χ1v) is 8.30. The van der Waals surface area contributed by atoms with E-state index < -0.39 is 12.0 Å². The van der Waals surface area contributed by atoms with Crippen molar-refractivity contribution in [2.75, 3.05) is 0 Å². The van der Waals surface area contributed by atoms with Crippen molar-refractivity contribution >= 4 is 29.2 Å². The fourth-order valence-corrected chi connectivity index (χ4v) is 3.21. The number of carboxylic acids is 1. The molecule has 128 valence electrons. The summed E-state index contributed by atoms with van der Waals surface area (Å²) in [6.45, 7) is 0. The van der Waals surface area contributed by atoms with Crippen molar-refractivity contribution < 1.29 is 9.90 Å². The van der Waals surface area contributed by atoms with E-state index in [-0.39, 0.29) is 11.6 Å². The molecule has 0 saturated carbocycles. The van der Waals surface area contributed by atoms with Crippen LogP contribution in [0.5, 0.6) is 0 Å². The van der Waals surface area contributed by atoms with Gasteiger partial charge in [-0.2, -0.15) is 5.10 Å². The molecule has 7 heteroatoms. The number of halogens is 2. The van der Waals surface area contributed by atoms with Gasteiger partial charge in [0.1, 0.15) is 10.8 Å². The van der Waals surface area contributed by atoms with E-state index in [0.717, 1.165) is 5.69 Å². The number of carboxylic acid groups (broad SMARTS) is 1. The van der Waals surface area contributed by atoms with E-state index in [4.69, 9.17) is 34.0 Å². The molecule has 1 atom stereocenters. The molecule has 1 unspecified atom stereocenters. The van der Waals surface area contributed by atoms with Crippen molar-refractivity contribution in [3.05, 3.63) is 70.3 Å². The van der Waals surface area contributed by atoms with Crippen molar-refractivity contribution in [2.24, 2.45) is 5.73 Å². The molecule has 5 nitrogen and oxygen atoms in total. The van der Waals surface area contributed by atoms with Gasteiger partial charge in [-0.25, -0.2) is 4.68 Å². The van der Waals surface area contributed by atoms with Gasteiger partial charge in [-0.15, -0.1) is 0 Å². The third-order valence-corrected chi connectivity index (χ3v) is 4.45. The number of rotatable bonds is 5. The summed E-state index contributed by atoms with van der Waals surface area (Å²) in [6, 6.07) is 15.6. The second-order valence-corrected chi connectivity index (χ2v) is 6.25. The Labute approximate surface area is 154 Å². The Bertz CT molecular complexity index is 910. The zero-order valence-electron chi connectivity index (χ0n) is 13.1. The van der Waals surface area contributed by atoms with E-state index in [1.54, 1.807) is 18.2 Å². The molecule has 0 bridgehead atoms. The summed E-state index contributed by atoms with van der Waals surface area (Å²) < 4.78 is 1.54. The molecule has 0 aliphatic rings. The third kappa shape index (κ3) is 3.54. The Morgan fingerprint density at radius 1 is 1.12 bits per heavy atom. The molecule has 3 rings (SSSR count). The smallest absolute Gasteiger partial charge is 0.305 e. The first kappa shape index (κ1) is 17.5. The monoisotopic (exact) mass is 375 g/mol. The van der Waals surface area contributed by atoms with Crippen LogP contribution in [0.4, 0.5) is 0 Å². The minimum absolute atomic E-state index is 0.266. The number of para-hydroxylation sites is 1. The lowest BCUT2D eigenvalue weighted by molar-refractivity contribution is -0.137. The largest absolute Gasteiger partial charge is 0.481 e. The van der Waals surface area contributed by atoms with Gasteiger partial charge in [0.25, 0.3) is 0 Å². The van der Waals surface area contributed by atoms with Gasteiger partial charge in [-0.1, -0.05) is 59.6 Å². The Kier molecular flexibility index (Phi) is 5.08. The zero-order chi connectivity index (χ0) is 18.0. The molecule has 0 aliphatic heterocycles. The topological polar surface area (TPSA) is 81.1 Å². The maximum Gasteiger partial charge on any atom is 0.305 e. The molecule has 3 aromatic rings. The third-order valence-electron chi connectivity index (χ3n) is 3.76. The zero-order valence-corrected chi connectivity index (χ0v) is 14.6. The number of carbonyl (C=O) groups is 1. The van der Waals surface area contributed by atoms with Gasteiger partial charge in [0.05, 0.1) is 17.1 Å². The van der Waals surface area contributed by atoms with Gasteiger partial charge in [0, 0.05) is 17.2 Å². The van der Waals surface area contributed by atoms with Crippen molar-refractivity contribution in [2.45, 2.75) is 12.5 Å². The van der Waals surface area contributed by atoms with E-state index in [1.165, 1.54) is 4.68 Å². The lowest BCUT2D eigenvalue weighted by atomic mass is 10.0. The fourth-order valence-electron chi connectivity index (χ4n) is 2.62. The SMILES string of the molecule is NC(CC(=O)O)c1c(-c2ccccc2Cl)nn(-c2ccccc2)c1Cl. The fraction of sp³-hybridized carbons (Fsp3) is 0.111. The number of aromatic nitrogens is 2. The number of nitrogens with two attached hydrogens (primary N) is 1. The lowest BCUT2D eigenvalue weighted by Crippen LogP contribution is -2.16. The maximum atomic E-state index is 11.1. The maximum absolute atomic E-state index is 11.1. The summed E-state index contributed by atoms with van der Waals surface area (Å²) in [6.07, 6.45) is -0.266. The van der Waals surface area contributed by atoms with Crippen LogP contribution in [0.25, 0.3) is 16.9 Å². The number of aliphatic carboxylic acids is 1. The average Bonchev–Trinajstić information content (AvgIpc) is 2.92. The van der Waals surface area contributed by atoms with Crippen LogP contribution >= 0.6 is 23.2 Å². The van der Waals surface area contributed by atoms with Crippen molar-refractivity contribution in [3.63, 3.8) is 0 Å². The molecular formula is C18H15Cl2N3O2. The summed E-state index contributed by atoms with van der Waals surface area (Å²) in [7, 11) is 0. The molecule has 3 N–H and O–H groups in total. The molecule has 0 saturated heterocycles. The number of nitrogens with zero attached hydrogens (tertiary/aromatic N) is 2. The van der Waals surface area contributed by atoms with Crippen LogP contribution in [-0.2, 0) is 4.79 Å². The predicted molar refractivity (Wildman–Crippen MR) is 98.2 cm³/mol. The van der Waals surface area contributed by atoms with Crippen LogP contribution in [0.3, 0.4) is 0 Å². The Morgan fingerprint density at radius 2 is 1.76 bits per heavy atom. The molecule has 0 amide bonds. The molecule has 0 spiro atoms. The van der Waals surface area contributed by atoms with Gasteiger partial charge >= 0.3 is 5.97 Å². The highest BCUT2D eigenvalue weighted by atomic mass is 35.5. The Balaban J connectivity index is 2.22. The second kappa shape index (κ2) is 7.27. The highest BCUT2D eigenvalue weighted by Gasteiger charge is 2.26. The van der Waals surface area contributed by atoms with E-state index in [9.17, 15) is 4.79 Å². The van der Waals surface area contributed by atoms with Crippen LogP contribution in [-0.4, -0.2) is 20.9 Å². The predicted octanol–water partition coefficient (Wildman–Crippen LogP) is 4.32. The second-order valence-electron chi connectivity index (χ2n) is 5.48. The van der Waals surface area contributed by atoms with Crippen LogP contribution in [0.2, 0.25) is 10.2 Å². The minimum atomic E-state index is -1.01. The molecular weight excluding hydrogens is 361 g/mol. The molecule has 2 aromatic carbocycles. The van der Waals surface area contributed by atoms with E-state index in [1.807, 2.05) is 36.4 Å². The summed E-state index contributed by atoms with van der Waals surface area (Å²) >= 11 is 12.8.